The van der Waals surface area contributed by atoms with Gasteiger partial charge in [0.05, 0.1) is 5.41 Å². The molecule has 3 N–H and O–H groups in total. The Hall–Kier alpha value is -1.59. The number of rotatable bonds is 6. The topological polar surface area (TPSA) is 95.5 Å². The Morgan fingerprint density at radius 3 is 2.05 bits per heavy atom. The molecular formula is C14H22N2O4. The summed E-state index contributed by atoms with van der Waals surface area (Å²) in [5.74, 6) is -0.500. The molecule has 0 unspecified atom stereocenters. The maximum atomic E-state index is 11.8. The summed E-state index contributed by atoms with van der Waals surface area (Å²) in [7, 11) is 0. The third-order valence-electron chi connectivity index (χ3n) is 3.99. The maximum Gasteiger partial charge on any atom is 0.321 e. The van der Waals surface area contributed by atoms with Gasteiger partial charge in [0.25, 0.3) is 0 Å². The SMILES string of the molecule is CC(C)(CC(=O)NC(=O)NC(C1CC1)C1CC1)C(=O)O. The molecule has 112 valence electrons. The minimum absolute atomic E-state index is 0.176. The molecule has 0 spiro atoms. The van der Waals surface area contributed by atoms with Crippen molar-refractivity contribution in [2.24, 2.45) is 17.3 Å². The van der Waals surface area contributed by atoms with E-state index in [4.69, 9.17) is 5.11 Å². The van der Waals surface area contributed by atoms with E-state index in [9.17, 15) is 14.4 Å². The van der Waals surface area contributed by atoms with Crippen molar-refractivity contribution in [1.29, 1.82) is 0 Å². The molecule has 20 heavy (non-hydrogen) atoms. The van der Waals surface area contributed by atoms with Gasteiger partial charge in [-0.25, -0.2) is 4.79 Å². The second-order valence-corrected chi connectivity index (χ2v) is 6.59. The minimum atomic E-state index is -1.17. The van der Waals surface area contributed by atoms with E-state index in [1.807, 2.05) is 0 Å². The predicted molar refractivity (Wildman–Crippen MR) is 71.9 cm³/mol. The fourth-order valence-corrected chi connectivity index (χ4v) is 2.37. The highest BCUT2D eigenvalue weighted by atomic mass is 16.4. The molecule has 0 saturated heterocycles. The zero-order valence-electron chi connectivity index (χ0n) is 11.9. The molecule has 2 fully saturated rings. The van der Waals surface area contributed by atoms with Crippen LogP contribution in [0.15, 0.2) is 0 Å². The first kappa shape index (κ1) is 14.8. The van der Waals surface area contributed by atoms with Crippen molar-refractivity contribution in [3.63, 3.8) is 0 Å². The van der Waals surface area contributed by atoms with E-state index in [0.29, 0.717) is 11.8 Å². The summed E-state index contributed by atoms with van der Waals surface area (Å²) in [4.78, 5) is 34.4. The van der Waals surface area contributed by atoms with Crippen molar-refractivity contribution in [2.45, 2.75) is 52.0 Å². The van der Waals surface area contributed by atoms with E-state index in [2.05, 4.69) is 10.6 Å². The highest BCUT2D eigenvalue weighted by Crippen LogP contribution is 2.44. The molecule has 2 aliphatic carbocycles. The van der Waals surface area contributed by atoms with Crippen molar-refractivity contribution in [2.75, 3.05) is 0 Å². The zero-order valence-corrected chi connectivity index (χ0v) is 11.9. The Kier molecular flexibility index (Phi) is 4.01. The van der Waals surface area contributed by atoms with Gasteiger partial charge >= 0.3 is 12.0 Å². The van der Waals surface area contributed by atoms with E-state index < -0.39 is 23.3 Å². The number of imide groups is 1. The average molecular weight is 282 g/mol. The molecule has 0 atom stereocenters. The number of urea groups is 1. The monoisotopic (exact) mass is 282 g/mol. The van der Waals surface area contributed by atoms with E-state index in [1.54, 1.807) is 0 Å². The van der Waals surface area contributed by atoms with Crippen molar-refractivity contribution in [1.82, 2.24) is 10.6 Å². The van der Waals surface area contributed by atoms with Gasteiger partial charge in [-0.05, 0) is 51.4 Å². The van der Waals surface area contributed by atoms with Crippen molar-refractivity contribution >= 4 is 17.9 Å². The van der Waals surface area contributed by atoms with Gasteiger partial charge in [-0.1, -0.05) is 0 Å². The van der Waals surface area contributed by atoms with E-state index in [1.165, 1.54) is 13.8 Å². The summed E-state index contributed by atoms with van der Waals surface area (Å²) >= 11 is 0. The second-order valence-electron chi connectivity index (χ2n) is 6.59. The van der Waals surface area contributed by atoms with Crippen molar-refractivity contribution in [3.05, 3.63) is 0 Å². The number of amides is 3. The first-order chi connectivity index (χ1) is 9.29. The molecule has 6 heteroatoms. The Morgan fingerprint density at radius 1 is 1.15 bits per heavy atom. The molecule has 0 heterocycles. The Morgan fingerprint density at radius 2 is 1.65 bits per heavy atom. The standard InChI is InChI=1S/C14H22N2O4/c1-14(2,12(18)19)7-10(17)15-13(20)16-11(8-3-4-8)9-5-6-9/h8-9,11H,3-7H2,1-2H3,(H,18,19)(H2,15,16,17,20). The lowest BCUT2D eigenvalue weighted by molar-refractivity contribution is -0.149. The number of carboxylic acids is 1. The van der Waals surface area contributed by atoms with Crippen molar-refractivity contribution in [3.8, 4) is 0 Å². The Bertz CT molecular complexity index is 413. The third-order valence-corrected chi connectivity index (χ3v) is 3.99. The molecule has 0 aromatic carbocycles. The summed E-state index contributed by atoms with van der Waals surface area (Å²) < 4.78 is 0. The van der Waals surface area contributed by atoms with Gasteiger partial charge in [-0.2, -0.15) is 0 Å². The van der Waals surface area contributed by atoms with Crippen LogP contribution in [0.3, 0.4) is 0 Å². The molecule has 2 aliphatic rings. The van der Waals surface area contributed by atoms with Crippen LogP contribution in [0.2, 0.25) is 0 Å². The smallest absolute Gasteiger partial charge is 0.321 e. The van der Waals surface area contributed by atoms with E-state index >= 15 is 0 Å². The molecule has 3 amide bonds. The normalized spacial score (nSPS) is 18.8. The third kappa shape index (κ3) is 3.95. The van der Waals surface area contributed by atoms with Crippen LogP contribution < -0.4 is 10.6 Å². The summed E-state index contributed by atoms with van der Waals surface area (Å²) in [6.45, 7) is 2.92. The maximum absolute atomic E-state index is 11.8. The first-order valence-electron chi connectivity index (χ1n) is 7.13. The van der Waals surface area contributed by atoms with Gasteiger partial charge in [0, 0.05) is 12.5 Å². The molecule has 0 aromatic heterocycles. The quantitative estimate of drug-likeness (QED) is 0.688. The van der Waals surface area contributed by atoms with E-state index in [-0.39, 0.29) is 12.5 Å². The van der Waals surface area contributed by atoms with Crippen LogP contribution in [0.25, 0.3) is 0 Å². The first-order valence-corrected chi connectivity index (χ1v) is 7.13. The van der Waals surface area contributed by atoms with E-state index in [0.717, 1.165) is 25.7 Å². The number of hydrogen-bond donors (Lipinski definition) is 3. The number of nitrogens with one attached hydrogen (secondary N) is 2. The van der Waals surface area contributed by atoms with Crippen LogP contribution in [0, 0.1) is 17.3 Å². The lowest BCUT2D eigenvalue weighted by Crippen LogP contribution is -2.47. The van der Waals surface area contributed by atoms with Gasteiger partial charge < -0.3 is 10.4 Å². The molecule has 6 nitrogen and oxygen atoms in total. The Balaban J connectivity index is 1.78. The van der Waals surface area contributed by atoms with Crippen LogP contribution in [-0.2, 0) is 9.59 Å². The molecule has 0 radical (unpaired) electrons. The fourth-order valence-electron chi connectivity index (χ4n) is 2.37. The number of carboxylic acid groups (broad SMARTS) is 1. The van der Waals surface area contributed by atoms with Gasteiger partial charge in [0.2, 0.25) is 5.91 Å². The van der Waals surface area contributed by atoms with Crippen LogP contribution in [0.5, 0.6) is 0 Å². The van der Waals surface area contributed by atoms with Crippen molar-refractivity contribution < 1.29 is 19.5 Å². The molecule has 0 bridgehead atoms. The minimum Gasteiger partial charge on any atom is -0.481 e. The number of aliphatic carboxylic acids is 1. The fraction of sp³-hybridized carbons (Fsp3) is 0.786. The molecule has 2 saturated carbocycles. The molecule has 2 rings (SSSR count). The highest BCUT2D eigenvalue weighted by molar-refractivity contribution is 5.96. The summed E-state index contributed by atoms with van der Waals surface area (Å²) in [6.07, 6.45) is 4.35. The second kappa shape index (κ2) is 5.42. The lowest BCUT2D eigenvalue weighted by Gasteiger charge is -2.20. The molecule has 0 aromatic rings. The van der Waals surface area contributed by atoms with Gasteiger partial charge in [0.1, 0.15) is 0 Å². The Labute approximate surface area is 118 Å². The van der Waals surface area contributed by atoms with Crippen LogP contribution in [0.4, 0.5) is 4.79 Å². The molecule has 0 aliphatic heterocycles. The van der Waals surface area contributed by atoms with Crippen LogP contribution >= 0.6 is 0 Å². The summed E-state index contributed by atoms with van der Waals surface area (Å²) in [5, 5.41) is 14.1. The zero-order chi connectivity index (χ0) is 14.9. The van der Waals surface area contributed by atoms with Gasteiger partial charge in [-0.3, -0.25) is 14.9 Å². The van der Waals surface area contributed by atoms with Gasteiger partial charge in [0.15, 0.2) is 0 Å². The van der Waals surface area contributed by atoms with Gasteiger partial charge in [-0.15, -0.1) is 0 Å². The number of hydrogen-bond acceptors (Lipinski definition) is 3. The van der Waals surface area contributed by atoms with Crippen LogP contribution in [0.1, 0.15) is 46.0 Å². The van der Waals surface area contributed by atoms with Crippen LogP contribution in [-0.4, -0.2) is 29.1 Å². The number of carbonyl (C=O) groups excluding carboxylic acids is 2. The predicted octanol–water partition coefficient (Wildman–Crippen LogP) is 1.50. The average Bonchev–Trinajstić information content (AvgIpc) is 3.17. The highest BCUT2D eigenvalue weighted by Gasteiger charge is 2.42. The number of carbonyl (C=O) groups is 3. The lowest BCUT2D eigenvalue weighted by atomic mass is 9.89. The summed E-state index contributed by atoms with van der Waals surface area (Å²) in [6, 6.07) is -0.324. The molecular weight excluding hydrogens is 260 g/mol. The largest absolute Gasteiger partial charge is 0.481 e. The summed E-state index contributed by atoms with van der Waals surface area (Å²) in [5.41, 5.74) is -1.17.